The maximum atomic E-state index is 11.8. The lowest BCUT2D eigenvalue weighted by Crippen LogP contribution is -2.37. The van der Waals surface area contributed by atoms with Crippen molar-refractivity contribution in [3.63, 3.8) is 0 Å². The lowest BCUT2D eigenvalue weighted by Gasteiger charge is -2.22. The molecule has 0 aromatic carbocycles. The number of anilines is 1. The van der Waals surface area contributed by atoms with Gasteiger partial charge in [-0.2, -0.15) is 0 Å². The van der Waals surface area contributed by atoms with Crippen LogP contribution >= 0.6 is 0 Å². The van der Waals surface area contributed by atoms with Gasteiger partial charge in [0.15, 0.2) is 0 Å². The predicted octanol–water partition coefficient (Wildman–Crippen LogP) is 0.127. The van der Waals surface area contributed by atoms with E-state index in [1.54, 1.807) is 38.5 Å². The molecule has 1 rings (SSSR count). The minimum Gasteiger partial charge on any atom is -0.383 e. The van der Waals surface area contributed by atoms with E-state index in [2.05, 4.69) is 15.3 Å². The summed E-state index contributed by atoms with van der Waals surface area (Å²) in [5.41, 5.74) is 1.00. The van der Waals surface area contributed by atoms with Crippen molar-refractivity contribution in [2.24, 2.45) is 0 Å². The number of hydrogen-bond acceptors (Lipinski definition) is 6. The molecule has 0 fully saturated rings. The maximum Gasteiger partial charge on any atom is 0.241 e. The van der Waals surface area contributed by atoms with Crippen molar-refractivity contribution in [2.45, 2.75) is 13.5 Å². The molecule has 0 saturated carbocycles. The van der Waals surface area contributed by atoms with Gasteiger partial charge in [0.2, 0.25) is 11.9 Å². The summed E-state index contributed by atoms with van der Waals surface area (Å²) in [6.45, 7) is 5.12. The number of carbonyl (C=O) groups excluding carboxylic acids is 1. The highest BCUT2D eigenvalue weighted by Crippen LogP contribution is 2.07. The molecule has 7 nitrogen and oxygen atoms in total. The summed E-state index contributed by atoms with van der Waals surface area (Å²) >= 11 is 0. The van der Waals surface area contributed by atoms with Crippen molar-refractivity contribution in [3.8, 4) is 0 Å². The van der Waals surface area contributed by atoms with Crippen LogP contribution in [0.15, 0.2) is 12.4 Å². The van der Waals surface area contributed by atoms with E-state index in [1.165, 1.54) is 0 Å². The summed E-state index contributed by atoms with van der Waals surface area (Å²) in [7, 11) is 5.16. The van der Waals surface area contributed by atoms with Gasteiger partial charge in [0, 0.05) is 58.8 Å². The minimum absolute atomic E-state index is 0.0331. The average Bonchev–Trinajstić information content (AvgIpc) is 2.49. The van der Waals surface area contributed by atoms with Crippen LogP contribution in [0, 0.1) is 0 Å². The van der Waals surface area contributed by atoms with Crippen LogP contribution in [0.2, 0.25) is 0 Å². The highest BCUT2D eigenvalue weighted by atomic mass is 16.5. The summed E-state index contributed by atoms with van der Waals surface area (Å²) < 4.78 is 4.96. The van der Waals surface area contributed by atoms with E-state index in [9.17, 15) is 4.79 Å². The van der Waals surface area contributed by atoms with Gasteiger partial charge in [-0.05, 0) is 6.92 Å². The number of nitrogens with zero attached hydrogens (tertiary/aromatic N) is 4. The van der Waals surface area contributed by atoms with Gasteiger partial charge in [0.1, 0.15) is 0 Å². The number of carbonyl (C=O) groups is 1. The van der Waals surface area contributed by atoms with Crippen molar-refractivity contribution in [1.82, 2.24) is 20.2 Å². The zero-order valence-corrected chi connectivity index (χ0v) is 13.3. The smallest absolute Gasteiger partial charge is 0.241 e. The van der Waals surface area contributed by atoms with Gasteiger partial charge in [0.05, 0.1) is 13.2 Å². The standard InChI is InChI=1S/C14H25N5O2/c1-5-19(11-13(20)18(2)3)14-16-9-12(10-17-14)8-15-6-7-21-4/h9-10,15H,5-8,11H2,1-4H3. The van der Waals surface area contributed by atoms with Gasteiger partial charge in [-0.15, -0.1) is 0 Å². The molecule has 0 atom stereocenters. The van der Waals surface area contributed by atoms with Gasteiger partial charge in [0.25, 0.3) is 0 Å². The summed E-state index contributed by atoms with van der Waals surface area (Å²) in [5.74, 6) is 0.610. The molecule has 1 aromatic rings. The molecule has 0 saturated heterocycles. The van der Waals surface area contributed by atoms with Gasteiger partial charge in [-0.3, -0.25) is 4.79 Å². The normalized spacial score (nSPS) is 10.5. The van der Waals surface area contributed by atoms with Crippen molar-refractivity contribution >= 4 is 11.9 Å². The Morgan fingerprint density at radius 1 is 1.33 bits per heavy atom. The predicted molar refractivity (Wildman–Crippen MR) is 82.2 cm³/mol. The molecule has 0 bridgehead atoms. The van der Waals surface area contributed by atoms with Crippen molar-refractivity contribution in [3.05, 3.63) is 18.0 Å². The molecule has 1 heterocycles. The Labute approximate surface area is 126 Å². The van der Waals surface area contributed by atoms with E-state index in [0.717, 1.165) is 12.1 Å². The Morgan fingerprint density at radius 2 is 2.00 bits per heavy atom. The summed E-state index contributed by atoms with van der Waals surface area (Å²) in [6.07, 6.45) is 3.57. The fourth-order valence-corrected chi connectivity index (χ4v) is 1.64. The van der Waals surface area contributed by atoms with Gasteiger partial charge >= 0.3 is 0 Å². The number of likely N-dealkylation sites (N-methyl/N-ethyl adjacent to an activating group) is 2. The molecular formula is C14H25N5O2. The molecule has 0 aliphatic rings. The van der Waals surface area contributed by atoms with E-state index in [1.807, 2.05) is 11.8 Å². The quantitative estimate of drug-likeness (QED) is 0.653. The lowest BCUT2D eigenvalue weighted by atomic mass is 10.3. The van der Waals surface area contributed by atoms with Gasteiger partial charge in [-0.25, -0.2) is 9.97 Å². The summed E-state index contributed by atoms with van der Waals surface area (Å²) in [6, 6.07) is 0. The van der Waals surface area contributed by atoms with Crippen LogP contribution in [0.25, 0.3) is 0 Å². The summed E-state index contributed by atoms with van der Waals surface area (Å²) in [5, 5.41) is 3.23. The first-order chi connectivity index (χ1) is 10.1. The van der Waals surface area contributed by atoms with E-state index in [-0.39, 0.29) is 12.5 Å². The number of hydrogen-bond donors (Lipinski definition) is 1. The van der Waals surface area contributed by atoms with Crippen LogP contribution in [0.5, 0.6) is 0 Å². The first-order valence-electron chi connectivity index (χ1n) is 7.04. The van der Waals surface area contributed by atoms with E-state index < -0.39 is 0 Å². The highest BCUT2D eigenvalue weighted by Gasteiger charge is 2.13. The molecule has 7 heteroatoms. The highest BCUT2D eigenvalue weighted by molar-refractivity contribution is 5.80. The monoisotopic (exact) mass is 295 g/mol. The molecular weight excluding hydrogens is 270 g/mol. The summed E-state index contributed by atoms with van der Waals surface area (Å²) in [4.78, 5) is 23.8. The Bertz CT molecular complexity index is 422. The lowest BCUT2D eigenvalue weighted by molar-refractivity contribution is -0.127. The van der Waals surface area contributed by atoms with E-state index >= 15 is 0 Å². The molecule has 0 unspecified atom stereocenters. The number of ether oxygens (including phenoxy) is 1. The first kappa shape index (κ1) is 17.3. The molecule has 21 heavy (non-hydrogen) atoms. The van der Waals surface area contributed by atoms with E-state index in [0.29, 0.717) is 25.6 Å². The van der Waals surface area contributed by atoms with Gasteiger partial charge < -0.3 is 19.9 Å². The molecule has 0 spiro atoms. The number of methoxy groups -OCH3 is 1. The largest absolute Gasteiger partial charge is 0.383 e. The van der Waals surface area contributed by atoms with Crippen LogP contribution < -0.4 is 10.2 Å². The molecule has 0 radical (unpaired) electrons. The second-order valence-corrected chi connectivity index (χ2v) is 4.86. The third-order valence-corrected chi connectivity index (χ3v) is 2.99. The molecule has 118 valence electrons. The second-order valence-electron chi connectivity index (χ2n) is 4.86. The fraction of sp³-hybridized carbons (Fsp3) is 0.643. The SMILES string of the molecule is CCN(CC(=O)N(C)C)c1ncc(CNCCOC)cn1. The topological polar surface area (TPSA) is 70.6 Å². The maximum absolute atomic E-state index is 11.8. The number of rotatable bonds is 9. The molecule has 1 amide bonds. The molecule has 0 aliphatic heterocycles. The van der Waals surface area contributed by atoms with Gasteiger partial charge in [-0.1, -0.05) is 0 Å². The zero-order chi connectivity index (χ0) is 15.7. The number of nitrogens with one attached hydrogen (secondary N) is 1. The Balaban J connectivity index is 2.56. The Kier molecular flexibility index (Phi) is 7.63. The second kappa shape index (κ2) is 9.25. The molecule has 0 aliphatic carbocycles. The van der Waals surface area contributed by atoms with Crippen molar-refractivity contribution < 1.29 is 9.53 Å². The Morgan fingerprint density at radius 3 is 2.52 bits per heavy atom. The third kappa shape index (κ3) is 6.05. The van der Waals surface area contributed by atoms with Crippen molar-refractivity contribution in [2.75, 3.05) is 52.3 Å². The molecule has 1 aromatic heterocycles. The van der Waals surface area contributed by atoms with E-state index in [4.69, 9.17) is 4.74 Å². The Hall–Kier alpha value is -1.73. The van der Waals surface area contributed by atoms with Crippen LogP contribution in [-0.2, 0) is 16.1 Å². The van der Waals surface area contributed by atoms with Crippen molar-refractivity contribution in [1.29, 1.82) is 0 Å². The fourth-order valence-electron chi connectivity index (χ4n) is 1.64. The van der Waals surface area contributed by atoms with Crippen LogP contribution in [0.3, 0.4) is 0 Å². The number of aromatic nitrogens is 2. The number of amides is 1. The average molecular weight is 295 g/mol. The van der Waals surface area contributed by atoms with Crippen LogP contribution in [0.4, 0.5) is 5.95 Å². The zero-order valence-electron chi connectivity index (χ0n) is 13.3. The molecule has 1 N–H and O–H groups in total. The van der Waals surface area contributed by atoms with Crippen LogP contribution in [-0.4, -0.2) is 68.2 Å². The minimum atomic E-state index is 0.0331. The third-order valence-electron chi connectivity index (χ3n) is 2.99. The first-order valence-corrected chi connectivity index (χ1v) is 7.04. The van der Waals surface area contributed by atoms with Crippen LogP contribution in [0.1, 0.15) is 12.5 Å².